The molecule has 1 aliphatic heterocycles. The molecule has 4 heteroatoms. The summed E-state index contributed by atoms with van der Waals surface area (Å²) < 4.78 is 6.59. The van der Waals surface area contributed by atoms with Gasteiger partial charge in [-0.25, -0.2) is 0 Å². The van der Waals surface area contributed by atoms with E-state index in [4.69, 9.17) is 4.74 Å². The van der Waals surface area contributed by atoms with Gasteiger partial charge in [0, 0.05) is 30.1 Å². The first-order valence-corrected chi connectivity index (χ1v) is 7.94. The Labute approximate surface area is 134 Å². The number of anilines is 1. The Morgan fingerprint density at radius 1 is 1.19 bits per heavy atom. The maximum Gasteiger partial charge on any atom is 0.142 e. The van der Waals surface area contributed by atoms with Crippen LogP contribution in [0.15, 0.2) is 53.0 Å². The van der Waals surface area contributed by atoms with Crippen LogP contribution in [-0.2, 0) is 0 Å². The van der Waals surface area contributed by atoms with Crippen LogP contribution in [0.25, 0.3) is 0 Å². The van der Waals surface area contributed by atoms with Crippen molar-refractivity contribution in [1.29, 1.82) is 0 Å². The van der Waals surface area contributed by atoms with Crippen LogP contribution in [0.4, 0.5) is 5.69 Å². The lowest BCUT2D eigenvalue weighted by molar-refractivity contribution is 0.408. The number of nitrogens with one attached hydrogen (secondary N) is 1. The monoisotopic (exact) mass is 346 g/mol. The number of hydrogen-bond donors (Lipinski definition) is 1. The summed E-state index contributed by atoms with van der Waals surface area (Å²) in [7, 11) is 1.73. The number of rotatable bonds is 3. The number of benzene rings is 2. The van der Waals surface area contributed by atoms with Crippen LogP contribution in [-0.4, -0.2) is 26.7 Å². The van der Waals surface area contributed by atoms with E-state index >= 15 is 0 Å². The summed E-state index contributed by atoms with van der Waals surface area (Å²) in [6.45, 7) is 2.89. The molecule has 1 N–H and O–H groups in total. The molecule has 2 aromatic carbocycles. The van der Waals surface area contributed by atoms with Crippen molar-refractivity contribution in [3.05, 3.63) is 58.6 Å². The molecular formula is C17H19BrN2O. The minimum atomic E-state index is 0.351. The number of methoxy groups -OCH3 is 1. The highest BCUT2D eigenvalue weighted by Crippen LogP contribution is 2.33. The standard InChI is InChI=1S/C17H19BrN2O/c1-21-17-8-7-14(18)11-16(17)20-10-9-19-15(12-20)13-5-3-2-4-6-13/h2-8,11,15,19H,9-10,12H2,1H3. The molecule has 3 nitrogen and oxygen atoms in total. The molecule has 0 aromatic heterocycles. The Kier molecular flexibility index (Phi) is 4.46. The number of nitrogens with zero attached hydrogens (tertiary/aromatic N) is 1. The minimum Gasteiger partial charge on any atom is -0.495 e. The van der Waals surface area contributed by atoms with Gasteiger partial charge >= 0.3 is 0 Å². The fraction of sp³-hybridized carbons (Fsp3) is 0.294. The van der Waals surface area contributed by atoms with E-state index in [0.29, 0.717) is 6.04 Å². The maximum atomic E-state index is 5.51. The molecule has 1 fully saturated rings. The second-order valence-corrected chi connectivity index (χ2v) is 6.10. The Morgan fingerprint density at radius 2 is 2.00 bits per heavy atom. The Bertz CT molecular complexity index is 603. The summed E-state index contributed by atoms with van der Waals surface area (Å²) in [6.07, 6.45) is 0. The van der Waals surface area contributed by atoms with Gasteiger partial charge in [0.2, 0.25) is 0 Å². The zero-order valence-corrected chi connectivity index (χ0v) is 13.6. The van der Waals surface area contributed by atoms with Gasteiger partial charge in [-0.2, -0.15) is 0 Å². The molecule has 0 saturated carbocycles. The van der Waals surface area contributed by atoms with E-state index in [0.717, 1.165) is 35.5 Å². The maximum absolute atomic E-state index is 5.51. The first-order valence-electron chi connectivity index (χ1n) is 7.15. The summed E-state index contributed by atoms with van der Waals surface area (Å²) in [6, 6.07) is 17.1. The predicted molar refractivity (Wildman–Crippen MR) is 90.1 cm³/mol. The second-order valence-electron chi connectivity index (χ2n) is 5.18. The molecule has 1 heterocycles. The zero-order chi connectivity index (χ0) is 14.7. The Morgan fingerprint density at radius 3 is 2.76 bits per heavy atom. The third-order valence-electron chi connectivity index (χ3n) is 3.86. The quantitative estimate of drug-likeness (QED) is 0.918. The lowest BCUT2D eigenvalue weighted by Crippen LogP contribution is -2.46. The molecule has 21 heavy (non-hydrogen) atoms. The summed E-state index contributed by atoms with van der Waals surface area (Å²) in [5.41, 5.74) is 2.48. The van der Waals surface area contributed by atoms with Crippen LogP contribution in [0.1, 0.15) is 11.6 Å². The second kappa shape index (κ2) is 6.50. The SMILES string of the molecule is COc1ccc(Br)cc1N1CCNC(c2ccccc2)C1. The highest BCUT2D eigenvalue weighted by molar-refractivity contribution is 9.10. The van der Waals surface area contributed by atoms with Crippen LogP contribution in [0.5, 0.6) is 5.75 Å². The van der Waals surface area contributed by atoms with E-state index in [2.05, 4.69) is 62.5 Å². The lowest BCUT2D eigenvalue weighted by atomic mass is 10.0. The van der Waals surface area contributed by atoms with Gasteiger partial charge in [0.1, 0.15) is 5.75 Å². The van der Waals surface area contributed by atoms with Crippen molar-refractivity contribution in [2.75, 3.05) is 31.6 Å². The van der Waals surface area contributed by atoms with Gasteiger partial charge < -0.3 is 15.0 Å². The molecule has 1 atom stereocenters. The largest absolute Gasteiger partial charge is 0.495 e. The number of halogens is 1. The van der Waals surface area contributed by atoms with Crippen molar-refractivity contribution in [3.63, 3.8) is 0 Å². The first-order chi connectivity index (χ1) is 10.3. The summed E-state index contributed by atoms with van der Waals surface area (Å²) in [5.74, 6) is 0.923. The van der Waals surface area contributed by atoms with Crippen molar-refractivity contribution in [2.45, 2.75) is 6.04 Å². The topological polar surface area (TPSA) is 24.5 Å². The van der Waals surface area contributed by atoms with Crippen LogP contribution < -0.4 is 15.0 Å². The average molecular weight is 347 g/mol. The Hall–Kier alpha value is -1.52. The molecule has 0 spiro atoms. The fourth-order valence-electron chi connectivity index (χ4n) is 2.79. The molecule has 1 saturated heterocycles. The number of ether oxygens (including phenoxy) is 1. The number of piperazine rings is 1. The summed E-state index contributed by atoms with van der Waals surface area (Å²) in [5, 5.41) is 3.59. The Balaban J connectivity index is 1.85. The summed E-state index contributed by atoms with van der Waals surface area (Å²) >= 11 is 3.55. The van der Waals surface area contributed by atoms with E-state index in [1.807, 2.05) is 12.1 Å². The van der Waals surface area contributed by atoms with Crippen LogP contribution >= 0.6 is 15.9 Å². The van der Waals surface area contributed by atoms with Gasteiger partial charge in [-0.15, -0.1) is 0 Å². The molecule has 3 rings (SSSR count). The van der Waals surface area contributed by atoms with Gasteiger partial charge in [-0.05, 0) is 23.8 Å². The van der Waals surface area contributed by atoms with Crippen molar-refractivity contribution in [3.8, 4) is 5.75 Å². The summed E-state index contributed by atoms with van der Waals surface area (Å²) in [4.78, 5) is 2.39. The molecule has 0 amide bonds. The minimum absolute atomic E-state index is 0.351. The third kappa shape index (κ3) is 3.22. The van der Waals surface area contributed by atoms with Crippen molar-refractivity contribution in [2.24, 2.45) is 0 Å². The smallest absolute Gasteiger partial charge is 0.142 e. The molecule has 0 radical (unpaired) electrons. The van der Waals surface area contributed by atoms with Gasteiger partial charge in [0.15, 0.2) is 0 Å². The van der Waals surface area contributed by atoms with E-state index in [1.54, 1.807) is 7.11 Å². The molecule has 110 valence electrons. The molecule has 1 aliphatic rings. The van der Waals surface area contributed by atoms with E-state index in [9.17, 15) is 0 Å². The first kappa shape index (κ1) is 14.4. The van der Waals surface area contributed by atoms with Gasteiger partial charge in [-0.1, -0.05) is 46.3 Å². The van der Waals surface area contributed by atoms with Crippen LogP contribution in [0.2, 0.25) is 0 Å². The predicted octanol–water partition coefficient (Wildman–Crippen LogP) is 3.61. The van der Waals surface area contributed by atoms with E-state index in [1.165, 1.54) is 5.56 Å². The van der Waals surface area contributed by atoms with Crippen LogP contribution in [0, 0.1) is 0 Å². The molecule has 1 unspecified atom stereocenters. The third-order valence-corrected chi connectivity index (χ3v) is 4.35. The highest BCUT2D eigenvalue weighted by atomic mass is 79.9. The van der Waals surface area contributed by atoms with Crippen molar-refractivity contribution in [1.82, 2.24) is 5.32 Å². The lowest BCUT2D eigenvalue weighted by Gasteiger charge is -2.36. The van der Waals surface area contributed by atoms with Crippen molar-refractivity contribution >= 4 is 21.6 Å². The molecule has 0 aliphatic carbocycles. The fourth-order valence-corrected chi connectivity index (χ4v) is 3.14. The van der Waals surface area contributed by atoms with E-state index in [-0.39, 0.29) is 0 Å². The molecular weight excluding hydrogens is 328 g/mol. The van der Waals surface area contributed by atoms with Crippen molar-refractivity contribution < 1.29 is 4.74 Å². The van der Waals surface area contributed by atoms with Gasteiger partial charge in [-0.3, -0.25) is 0 Å². The average Bonchev–Trinajstić information content (AvgIpc) is 2.56. The van der Waals surface area contributed by atoms with Gasteiger partial charge in [0.05, 0.1) is 12.8 Å². The normalized spacial score (nSPS) is 18.6. The highest BCUT2D eigenvalue weighted by Gasteiger charge is 2.22. The zero-order valence-electron chi connectivity index (χ0n) is 12.1. The molecule has 0 bridgehead atoms. The van der Waals surface area contributed by atoms with Gasteiger partial charge in [0.25, 0.3) is 0 Å². The molecule has 2 aromatic rings. The van der Waals surface area contributed by atoms with E-state index < -0.39 is 0 Å². The number of hydrogen-bond acceptors (Lipinski definition) is 3. The van der Waals surface area contributed by atoms with Crippen LogP contribution in [0.3, 0.4) is 0 Å².